The van der Waals surface area contributed by atoms with Crippen molar-refractivity contribution >= 4 is 23.2 Å². The van der Waals surface area contributed by atoms with E-state index in [0.29, 0.717) is 47.3 Å². The molecule has 2 N–H and O–H groups in total. The summed E-state index contributed by atoms with van der Waals surface area (Å²) in [6.45, 7) is 0.706. The van der Waals surface area contributed by atoms with E-state index >= 15 is 0 Å². The Bertz CT molecular complexity index is 1160. The number of carbonyl (C=O) groups is 2. The largest absolute Gasteiger partial charge is 0.493 e. The molecule has 35 heavy (non-hydrogen) atoms. The van der Waals surface area contributed by atoms with Gasteiger partial charge in [-0.05, 0) is 37.1 Å². The minimum absolute atomic E-state index is 0.169. The van der Waals surface area contributed by atoms with Crippen LogP contribution in [0.4, 0.5) is 0 Å². The van der Waals surface area contributed by atoms with E-state index in [9.17, 15) is 9.59 Å². The average Bonchev–Trinajstić information content (AvgIpc) is 3.38. The van der Waals surface area contributed by atoms with Crippen molar-refractivity contribution in [2.75, 3.05) is 27.4 Å². The molecule has 2 amide bonds. The maximum atomic E-state index is 12.8. The fraction of sp³-hybridized carbons (Fsp3) is 0.308. The first-order valence-corrected chi connectivity index (χ1v) is 12.2. The molecule has 0 saturated heterocycles. The van der Waals surface area contributed by atoms with Crippen molar-refractivity contribution in [3.05, 3.63) is 69.4 Å². The lowest BCUT2D eigenvalue weighted by Gasteiger charge is -2.27. The van der Waals surface area contributed by atoms with Gasteiger partial charge in [0, 0.05) is 11.1 Å². The van der Waals surface area contributed by atoms with Gasteiger partial charge >= 0.3 is 0 Å². The molecule has 3 aromatic rings. The summed E-state index contributed by atoms with van der Waals surface area (Å²) < 4.78 is 22.4. The lowest BCUT2D eigenvalue weighted by Crippen LogP contribution is -2.42. The molecular weight excluding hydrogens is 468 g/mol. The molecule has 2 aliphatic rings. The molecule has 5 rings (SSSR count). The molecule has 0 bridgehead atoms. The van der Waals surface area contributed by atoms with Crippen LogP contribution in [-0.2, 0) is 12.8 Å². The molecule has 0 radical (unpaired) electrons. The topological polar surface area (TPSA) is 95.1 Å². The van der Waals surface area contributed by atoms with Gasteiger partial charge in [-0.25, -0.2) is 0 Å². The van der Waals surface area contributed by atoms with Crippen LogP contribution in [0.15, 0.2) is 48.5 Å². The van der Waals surface area contributed by atoms with Crippen LogP contribution in [0.1, 0.15) is 30.5 Å². The van der Waals surface area contributed by atoms with Crippen LogP contribution in [0.25, 0.3) is 0 Å². The van der Waals surface area contributed by atoms with Crippen LogP contribution < -0.4 is 29.6 Å². The molecule has 0 saturated carbocycles. The SMILES string of the molecule is COc1cccc2c1OCC(NC(=O)c1ccc(C(=O)NC3COc4c(cccc4OC)C3)s1)C2. The normalized spacial score (nSPS) is 18.2. The summed E-state index contributed by atoms with van der Waals surface area (Å²) in [5, 5.41) is 6.02. The fourth-order valence-corrected chi connectivity index (χ4v) is 5.20. The van der Waals surface area contributed by atoms with Crippen LogP contribution in [0.2, 0.25) is 0 Å². The van der Waals surface area contributed by atoms with Gasteiger partial charge in [0.15, 0.2) is 23.0 Å². The number of thiophene rings is 1. The Labute approximate surface area is 207 Å². The van der Waals surface area contributed by atoms with Crippen LogP contribution in [0.3, 0.4) is 0 Å². The number of carbonyl (C=O) groups excluding carboxylic acids is 2. The molecule has 2 aliphatic heterocycles. The number of para-hydroxylation sites is 2. The third-order valence-electron chi connectivity index (χ3n) is 6.08. The Kier molecular flexibility index (Phi) is 6.50. The highest BCUT2D eigenvalue weighted by Gasteiger charge is 2.27. The minimum atomic E-state index is -0.226. The molecular formula is C26H26N2O6S. The van der Waals surface area contributed by atoms with Gasteiger partial charge in [-0.2, -0.15) is 0 Å². The highest BCUT2D eigenvalue weighted by molar-refractivity contribution is 7.15. The Balaban J connectivity index is 1.18. The van der Waals surface area contributed by atoms with Gasteiger partial charge in [0.1, 0.15) is 13.2 Å². The van der Waals surface area contributed by atoms with E-state index in [1.165, 1.54) is 0 Å². The molecule has 0 aliphatic carbocycles. The number of rotatable bonds is 6. The Hall–Kier alpha value is -3.72. The molecule has 9 heteroatoms. The zero-order valence-electron chi connectivity index (χ0n) is 19.5. The van der Waals surface area contributed by atoms with Crippen molar-refractivity contribution in [1.82, 2.24) is 10.6 Å². The smallest absolute Gasteiger partial charge is 0.261 e. The summed E-state index contributed by atoms with van der Waals surface area (Å²) in [5.74, 6) is 2.37. The fourth-order valence-electron chi connectivity index (χ4n) is 4.39. The van der Waals surface area contributed by atoms with Crippen molar-refractivity contribution in [1.29, 1.82) is 0 Å². The van der Waals surface area contributed by atoms with Crippen molar-refractivity contribution in [3.63, 3.8) is 0 Å². The third kappa shape index (κ3) is 4.77. The van der Waals surface area contributed by atoms with E-state index in [1.54, 1.807) is 26.4 Å². The monoisotopic (exact) mass is 494 g/mol. The first-order valence-electron chi connectivity index (χ1n) is 11.3. The van der Waals surface area contributed by atoms with E-state index < -0.39 is 0 Å². The van der Waals surface area contributed by atoms with Gasteiger partial charge in [0.2, 0.25) is 0 Å². The van der Waals surface area contributed by atoms with Gasteiger partial charge in [0.05, 0.1) is 36.1 Å². The van der Waals surface area contributed by atoms with Crippen LogP contribution in [-0.4, -0.2) is 51.3 Å². The number of benzene rings is 2. The molecule has 0 fully saturated rings. The number of hydrogen-bond acceptors (Lipinski definition) is 7. The molecule has 182 valence electrons. The van der Waals surface area contributed by atoms with E-state index in [2.05, 4.69) is 10.6 Å². The van der Waals surface area contributed by atoms with Gasteiger partial charge in [0.25, 0.3) is 11.8 Å². The Morgan fingerprint density at radius 1 is 0.771 bits per heavy atom. The van der Waals surface area contributed by atoms with E-state index in [4.69, 9.17) is 18.9 Å². The molecule has 2 aromatic carbocycles. The predicted octanol–water partition coefficient (Wildman–Crippen LogP) is 3.23. The summed E-state index contributed by atoms with van der Waals surface area (Å²) in [6, 6.07) is 14.5. The highest BCUT2D eigenvalue weighted by Crippen LogP contribution is 2.35. The molecule has 2 atom stereocenters. The molecule has 2 unspecified atom stereocenters. The standard InChI is InChI=1S/C26H26N2O6S/c1-31-19-7-3-5-15-11-17(13-33-23(15)19)27-25(29)21-9-10-22(35-21)26(30)28-18-12-16-6-4-8-20(32-2)24(16)34-14-18/h3-10,17-18H,11-14H2,1-2H3,(H,27,29)(H,28,30). The summed E-state index contributed by atoms with van der Waals surface area (Å²) in [4.78, 5) is 26.6. The van der Waals surface area contributed by atoms with Crippen molar-refractivity contribution < 1.29 is 28.5 Å². The van der Waals surface area contributed by atoms with Gasteiger partial charge in [-0.1, -0.05) is 24.3 Å². The number of hydrogen-bond donors (Lipinski definition) is 2. The van der Waals surface area contributed by atoms with Gasteiger partial charge < -0.3 is 29.6 Å². The number of amides is 2. The summed E-state index contributed by atoms with van der Waals surface area (Å²) in [6.07, 6.45) is 1.29. The summed E-state index contributed by atoms with van der Waals surface area (Å²) in [5.41, 5.74) is 1.97. The van der Waals surface area contributed by atoms with Crippen molar-refractivity contribution in [2.24, 2.45) is 0 Å². The van der Waals surface area contributed by atoms with E-state index in [1.807, 2.05) is 36.4 Å². The Morgan fingerprint density at radius 2 is 1.23 bits per heavy atom. The number of fused-ring (bicyclic) bond motifs is 2. The quantitative estimate of drug-likeness (QED) is 0.547. The Morgan fingerprint density at radius 3 is 1.66 bits per heavy atom. The summed E-state index contributed by atoms with van der Waals surface area (Å²) in [7, 11) is 3.21. The third-order valence-corrected chi connectivity index (χ3v) is 7.16. The van der Waals surface area contributed by atoms with E-state index in [-0.39, 0.29) is 23.9 Å². The van der Waals surface area contributed by atoms with Crippen LogP contribution >= 0.6 is 11.3 Å². The average molecular weight is 495 g/mol. The molecule has 8 nitrogen and oxygen atoms in total. The second-order valence-corrected chi connectivity index (χ2v) is 9.52. The number of nitrogens with one attached hydrogen (secondary N) is 2. The lowest BCUT2D eigenvalue weighted by molar-refractivity contribution is 0.0912. The summed E-state index contributed by atoms with van der Waals surface area (Å²) >= 11 is 1.16. The second-order valence-electron chi connectivity index (χ2n) is 8.43. The molecule has 3 heterocycles. The second kappa shape index (κ2) is 9.87. The zero-order chi connectivity index (χ0) is 24.4. The predicted molar refractivity (Wildman–Crippen MR) is 131 cm³/mol. The van der Waals surface area contributed by atoms with E-state index in [0.717, 1.165) is 34.0 Å². The highest BCUT2D eigenvalue weighted by atomic mass is 32.1. The number of ether oxygens (including phenoxy) is 4. The maximum absolute atomic E-state index is 12.8. The first-order chi connectivity index (χ1) is 17.1. The molecule has 0 spiro atoms. The first kappa shape index (κ1) is 23.0. The van der Waals surface area contributed by atoms with Crippen molar-refractivity contribution in [3.8, 4) is 23.0 Å². The van der Waals surface area contributed by atoms with Crippen molar-refractivity contribution in [2.45, 2.75) is 24.9 Å². The van der Waals surface area contributed by atoms with Crippen LogP contribution in [0, 0.1) is 0 Å². The maximum Gasteiger partial charge on any atom is 0.261 e. The van der Waals surface area contributed by atoms with Crippen LogP contribution in [0.5, 0.6) is 23.0 Å². The zero-order valence-corrected chi connectivity index (χ0v) is 20.3. The number of methoxy groups -OCH3 is 2. The minimum Gasteiger partial charge on any atom is -0.493 e. The lowest BCUT2D eigenvalue weighted by atomic mass is 10.0. The van der Waals surface area contributed by atoms with Gasteiger partial charge in [-0.15, -0.1) is 11.3 Å². The molecule has 1 aromatic heterocycles. The van der Waals surface area contributed by atoms with Gasteiger partial charge in [-0.3, -0.25) is 9.59 Å².